The lowest BCUT2D eigenvalue weighted by molar-refractivity contribution is -0.148. The molecule has 0 aromatic rings. The number of hydrogen-bond acceptors (Lipinski definition) is 3. The number of ether oxygens (including phenoxy) is 1. The van der Waals surface area contributed by atoms with Crippen LogP contribution in [-0.4, -0.2) is 25.4 Å². The Labute approximate surface area is 116 Å². The zero-order valence-corrected chi connectivity index (χ0v) is 13.8. The molecule has 2 aliphatic rings. The molecule has 1 heterocycles. The van der Waals surface area contributed by atoms with Crippen LogP contribution < -0.4 is 0 Å². The van der Waals surface area contributed by atoms with Gasteiger partial charge in [0.15, 0.2) is 0 Å². The topological polar surface area (TPSA) is 26.3 Å². The summed E-state index contributed by atoms with van der Waals surface area (Å²) in [7, 11) is -1.61. The largest absolute Gasteiger partial charge is 0.451 e. The van der Waals surface area contributed by atoms with Gasteiger partial charge in [-0.25, -0.2) is 4.79 Å². The van der Waals surface area contributed by atoms with E-state index >= 15 is 0 Å². The van der Waals surface area contributed by atoms with Gasteiger partial charge in [0.2, 0.25) is 0 Å². The molecule has 0 saturated heterocycles. The highest BCUT2D eigenvalue weighted by atomic mass is 32.2. The smallest absolute Gasteiger partial charge is 0.331 e. The van der Waals surface area contributed by atoms with Crippen molar-refractivity contribution in [2.75, 3.05) is 5.75 Å². The Morgan fingerprint density at radius 1 is 1.22 bits per heavy atom. The summed E-state index contributed by atoms with van der Waals surface area (Å²) in [5, 5.41) is 1.07. The second-order valence-corrected chi connectivity index (χ2v) is 12.6. The Morgan fingerprint density at radius 2 is 1.83 bits per heavy atom. The van der Waals surface area contributed by atoms with E-state index in [4.69, 9.17) is 4.74 Å². The average Bonchev–Trinajstić information content (AvgIpc) is 2.52. The lowest BCUT2D eigenvalue weighted by Gasteiger charge is -2.34. The number of carbonyl (C=O) groups is 1. The number of rotatable bonds is 3. The molecule has 18 heavy (non-hydrogen) atoms. The van der Waals surface area contributed by atoms with Gasteiger partial charge in [-0.2, -0.15) is 0 Å². The van der Waals surface area contributed by atoms with Crippen LogP contribution in [-0.2, 0) is 9.53 Å². The van der Waals surface area contributed by atoms with E-state index in [9.17, 15) is 4.79 Å². The molecule has 1 aliphatic heterocycles. The van der Waals surface area contributed by atoms with Crippen LogP contribution in [0.1, 0.15) is 39.0 Å². The summed E-state index contributed by atoms with van der Waals surface area (Å²) in [5.41, 5.74) is -0.231. The highest BCUT2D eigenvalue weighted by molar-refractivity contribution is 8.03. The highest BCUT2D eigenvalue weighted by Gasteiger charge is 2.50. The fourth-order valence-corrected chi connectivity index (χ4v) is 6.77. The van der Waals surface area contributed by atoms with Crippen LogP contribution in [0, 0.1) is 0 Å². The predicted molar refractivity (Wildman–Crippen MR) is 80.4 cm³/mol. The van der Waals surface area contributed by atoms with E-state index in [1.807, 2.05) is 11.8 Å². The molecule has 0 N–H and O–H groups in total. The summed E-state index contributed by atoms with van der Waals surface area (Å²) >= 11 is 1.85. The monoisotopic (exact) mass is 284 g/mol. The van der Waals surface area contributed by atoms with Crippen molar-refractivity contribution in [3.8, 4) is 0 Å². The second kappa shape index (κ2) is 5.04. The van der Waals surface area contributed by atoms with Crippen LogP contribution in [0.4, 0.5) is 0 Å². The first-order chi connectivity index (χ1) is 8.41. The first-order valence-electron chi connectivity index (χ1n) is 7.02. The fourth-order valence-electron chi connectivity index (χ4n) is 3.04. The number of thioether (sulfide) groups is 1. The first kappa shape index (κ1) is 14.2. The van der Waals surface area contributed by atoms with E-state index in [1.54, 1.807) is 0 Å². The fraction of sp³-hybridized carbons (Fsp3) is 0.786. The molecule has 0 radical (unpaired) electrons. The molecule has 0 atom stereocenters. The molecule has 1 saturated carbocycles. The highest BCUT2D eigenvalue weighted by Crippen LogP contribution is 2.50. The van der Waals surface area contributed by atoms with E-state index in [2.05, 4.69) is 26.6 Å². The zero-order valence-electron chi connectivity index (χ0n) is 12.0. The number of esters is 1. The van der Waals surface area contributed by atoms with Crippen LogP contribution in [0.2, 0.25) is 19.6 Å². The summed E-state index contributed by atoms with van der Waals surface area (Å²) in [5.74, 6) is 1.02. The molecule has 2 nitrogen and oxygen atoms in total. The molecular weight excluding hydrogens is 260 g/mol. The van der Waals surface area contributed by atoms with E-state index < -0.39 is 8.07 Å². The van der Waals surface area contributed by atoms with Crippen molar-refractivity contribution in [1.29, 1.82) is 0 Å². The van der Waals surface area contributed by atoms with E-state index in [-0.39, 0.29) is 11.6 Å². The van der Waals surface area contributed by atoms with E-state index in [0.29, 0.717) is 0 Å². The summed E-state index contributed by atoms with van der Waals surface area (Å²) < 4.78 is 5.89. The van der Waals surface area contributed by atoms with Gasteiger partial charge < -0.3 is 4.74 Å². The Kier molecular flexibility index (Phi) is 3.98. The van der Waals surface area contributed by atoms with Crippen molar-refractivity contribution in [3.63, 3.8) is 0 Å². The van der Waals surface area contributed by atoms with Crippen molar-refractivity contribution < 1.29 is 9.53 Å². The van der Waals surface area contributed by atoms with Crippen LogP contribution in [0.25, 0.3) is 0 Å². The molecule has 1 spiro atoms. The van der Waals surface area contributed by atoms with Crippen molar-refractivity contribution in [3.05, 3.63) is 10.1 Å². The first-order valence-corrected chi connectivity index (χ1v) is 11.5. The molecule has 0 amide bonds. The molecule has 2 rings (SSSR count). The lowest BCUT2D eigenvalue weighted by atomic mass is 9.85. The second-order valence-electron chi connectivity index (χ2n) is 6.33. The third-order valence-corrected chi connectivity index (χ3v) is 7.12. The van der Waals surface area contributed by atoms with Gasteiger partial charge in [-0.05, 0) is 31.4 Å². The maximum atomic E-state index is 12.3. The molecular formula is C14H24O2SSi. The maximum absolute atomic E-state index is 12.3. The summed E-state index contributed by atoms with van der Waals surface area (Å²) in [6.07, 6.45) is 5.75. The van der Waals surface area contributed by atoms with Crippen LogP contribution in [0.5, 0.6) is 0 Å². The standard InChI is InChI=1S/C14H24O2SSi/c1-5-17-12-11(18(2,3)4)13(15)16-14(12)9-7-6-8-10-14/h5-10H2,1-4H3. The SMILES string of the molecule is CCSC1=C([Si](C)(C)C)C(=O)OC12CCCCC2. The molecule has 0 bridgehead atoms. The minimum atomic E-state index is -1.61. The molecule has 0 aromatic heterocycles. The van der Waals surface area contributed by atoms with E-state index in [1.165, 1.54) is 24.2 Å². The Bertz CT molecular complexity index is 376. The Hall–Kier alpha value is -0.223. The van der Waals surface area contributed by atoms with Gasteiger partial charge in [0, 0.05) is 10.1 Å². The average molecular weight is 284 g/mol. The third kappa shape index (κ3) is 2.41. The summed E-state index contributed by atoms with van der Waals surface area (Å²) in [6, 6.07) is 0. The van der Waals surface area contributed by atoms with Gasteiger partial charge in [-0.3, -0.25) is 0 Å². The minimum Gasteiger partial charge on any atom is -0.451 e. The Morgan fingerprint density at radius 3 is 2.33 bits per heavy atom. The van der Waals surface area contributed by atoms with Crippen LogP contribution in [0.15, 0.2) is 10.1 Å². The normalized spacial score (nSPS) is 23.7. The molecule has 0 unspecified atom stereocenters. The van der Waals surface area contributed by atoms with Crippen LogP contribution in [0.3, 0.4) is 0 Å². The quantitative estimate of drug-likeness (QED) is 0.576. The van der Waals surface area contributed by atoms with Gasteiger partial charge in [-0.15, -0.1) is 11.8 Å². The van der Waals surface area contributed by atoms with Crippen LogP contribution >= 0.6 is 11.8 Å². The molecule has 1 fully saturated rings. The number of carbonyl (C=O) groups excluding carboxylic acids is 1. The van der Waals surface area contributed by atoms with Gasteiger partial charge in [0.1, 0.15) is 5.60 Å². The molecule has 102 valence electrons. The van der Waals surface area contributed by atoms with Gasteiger partial charge >= 0.3 is 5.97 Å². The molecule has 0 aromatic carbocycles. The third-order valence-electron chi connectivity index (χ3n) is 3.83. The zero-order chi connectivity index (χ0) is 13.4. The van der Waals surface area contributed by atoms with Crippen molar-refractivity contribution in [1.82, 2.24) is 0 Å². The molecule has 1 aliphatic carbocycles. The Balaban J connectivity index is 2.45. The molecule has 4 heteroatoms. The summed E-state index contributed by atoms with van der Waals surface area (Å²) in [4.78, 5) is 13.6. The minimum absolute atomic E-state index is 0.00739. The van der Waals surface area contributed by atoms with Crippen molar-refractivity contribution in [2.24, 2.45) is 0 Å². The van der Waals surface area contributed by atoms with Crippen molar-refractivity contribution >= 4 is 25.8 Å². The number of hydrogen-bond donors (Lipinski definition) is 0. The van der Waals surface area contributed by atoms with E-state index in [0.717, 1.165) is 23.8 Å². The maximum Gasteiger partial charge on any atom is 0.331 e. The predicted octanol–water partition coefficient (Wildman–Crippen LogP) is 4.13. The summed E-state index contributed by atoms with van der Waals surface area (Å²) in [6.45, 7) is 8.92. The van der Waals surface area contributed by atoms with Crippen molar-refractivity contribution in [2.45, 2.75) is 64.3 Å². The van der Waals surface area contributed by atoms with Gasteiger partial charge in [0.05, 0.1) is 8.07 Å². The lowest BCUT2D eigenvalue weighted by Crippen LogP contribution is -2.33. The van der Waals surface area contributed by atoms with Gasteiger partial charge in [0.25, 0.3) is 0 Å². The van der Waals surface area contributed by atoms with Gasteiger partial charge in [-0.1, -0.05) is 33.0 Å².